The van der Waals surface area contributed by atoms with Gasteiger partial charge in [-0.2, -0.15) is 5.26 Å². The van der Waals surface area contributed by atoms with Crippen LogP contribution in [0.25, 0.3) is 0 Å². The molecule has 0 radical (unpaired) electrons. The van der Waals surface area contributed by atoms with E-state index in [9.17, 15) is 0 Å². The van der Waals surface area contributed by atoms with E-state index in [1.807, 2.05) is 18.2 Å². The lowest BCUT2D eigenvalue weighted by molar-refractivity contribution is 0.253. The van der Waals surface area contributed by atoms with Crippen molar-refractivity contribution >= 4 is 28.9 Å². The number of hydrogen-bond acceptors (Lipinski definition) is 3. The SMILES string of the molecule is N#CCCCCN1CCN(c2cccc(Cl)c2Cl)CC1. The van der Waals surface area contributed by atoms with Gasteiger partial charge in [0.05, 0.1) is 21.8 Å². The van der Waals surface area contributed by atoms with E-state index in [1.54, 1.807) is 0 Å². The lowest BCUT2D eigenvalue weighted by atomic mass is 10.2. The topological polar surface area (TPSA) is 30.3 Å². The summed E-state index contributed by atoms with van der Waals surface area (Å²) in [5, 5.41) is 9.78. The maximum Gasteiger partial charge on any atom is 0.0825 e. The third-order valence-electron chi connectivity index (χ3n) is 3.66. The molecule has 3 nitrogen and oxygen atoms in total. The third kappa shape index (κ3) is 4.02. The van der Waals surface area contributed by atoms with Crippen LogP contribution >= 0.6 is 23.2 Å². The number of nitriles is 1. The molecular formula is C15H19Cl2N3. The molecule has 0 aromatic heterocycles. The van der Waals surface area contributed by atoms with Gasteiger partial charge in [-0.1, -0.05) is 29.3 Å². The van der Waals surface area contributed by atoms with E-state index in [0.29, 0.717) is 16.5 Å². The monoisotopic (exact) mass is 311 g/mol. The maximum absolute atomic E-state index is 8.52. The minimum absolute atomic E-state index is 0.614. The van der Waals surface area contributed by atoms with Gasteiger partial charge in [-0.05, 0) is 31.5 Å². The van der Waals surface area contributed by atoms with E-state index in [4.69, 9.17) is 28.5 Å². The summed E-state index contributed by atoms with van der Waals surface area (Å²) in [5.74, 6) is 0. The first-order valence-electron chi connectivity index (χ1n) is 7.00. The zero-order valence-electron chi connectivity index (χ0n) is 11.5. The molecule has 0 bridgehead atoms. The first-order chi connectivity index (χ1) is 9.72. The van der Waals surface area contributed by atoms with Gasteiger partial charge in [0.2, 0.25) is 0 Å². The highest BCUT2D eigenvalue weighted by Gasteiger charge is 2.19. The average Bonchev–Trinajstić information content (AvgIpc) is 2.47. The summed E-state index contributed by atoms with van der Waals surface area (Å²) >= 11 is 12.3. The van der Waals surface area contributed by atoms with Crippen molar-refractivity contribution in [1.82, 2.24) is 4.90 Å². The highest BCUT2D eigenvalue weighted by Crippen LogP contribution is 2.32. The summed E-state index contributed by atoms with van der Waals surface area (Å²) in [7, 11) is 0. The standard InChI is InChI=1S/C15H19Cl2N3/c16-13-5-4-6-14(15(13)17)20-11-9-19(10-12-20)8-3-1-2-7-18/h4-6H,1-3,8-12H2. The van der Waals surface area contributed by atoms with E-state index in [2.05, 4.69) is 15.9 Å². The molecule has 1 fully saturated rings. The Kier molecular flexibility index (Phi) is 5.97. The number of halogens is 2. The summed E-state index contributed by atoms with van der Waals surface area (Å²) < 4.78 is 0. The van der Waals surface area contributed by atoms with Crippen molar-refractivity contribution < 1.29 is 0 Å². The number of rotatable bonds is 5. The predicted octanol–water partition coefficient (Wildman–Crippen LogP) is 3.81. The molecule has 1 saturated heterocycles. The summed E-state index contributed by atoms with van der Waals surface area (Å²) in [6.07, 6.45) is 2.76. The van der Waals surface area contributed by atoms with Gasteiger partial charge in [0.25, 0.3) is 0 Å². The molecule has 1 aromatic carbocycles. The second kappa shape index (κ2) is 7.73. The quantitative estimate of drug-likeness (QED) is 0.775. The smallest absolute Gasteiger partial charge is 0.0825 e. The van der Waals surface area contributed by atoms with Crippen molar-refractivity contribution in [2.45, 2.75) is 19.3 Å². The second-order valence-electron chi connectivity index (χ2n) is 5.02. The Morgan fingerprint density at radius 3 is 2.55 bits per heavy atom. The fourth-order valence-electron chi connectivity index (χ4n) is 2.49. The Bertz CT molecular complexity index is 476. The lowest BCUT2D eigenvalue weighted by Crippen LogP contribution is -2.46. The van der Waals surface area contributed by atoms with Crippen LogP contribution in [0.15, 0.2) is 18.2 Å². The molecule has 0 aliphatic carbocycles. The third-order valence-corrected chi connectivity index (χ3v) is 4.47. The van der Waals surface area contributed by atoms with Gasteiger partial charge < -0.3 is 4.90 Å². The van der Waals surface area contributed by atoms with E-state index in [-0.39, 0.29) is 0 Å². The number of anilines is 1. The molecule has 108 valence electrons. The summed E-state index contributed by atoms with van der Waals surface area (Å²) in [4.78, 5) is 4.74. The fourth-order valence-corrected chi connectivity index (χ4v) is 2.90. The van der Waals surface area contributed by atoms with Crippen LogP contribution in [-0.2, 0) is 0 Å². The first-order valence-corrected chi connectivity index (χ1v) is 7.76. The molecule has 1 heterocycles. The van der Waals surface area contributed by atoms with Crippen LogP contribution < -0.4 is 4.90 Å². The van der Waals surface area contributed by atoms with Crippen LogP contribution in [0.1, 0.15) is 19.3 Å². The molecular weight excluding hydrogens is 293 g/mol. The molecule has 0 spiro atoms. The predicted molar refractivity (Wildman–Crippen MR) is 84.6 cm³/mol. The molecule has 1 aliphatic heterocycles. The Balaban J connectivity index is 1.82. The van der Waals surface area contributed by atoms with Crippen LogP contribution in [0, 0.1) is 11.3 Å². The van der Waals surface area contributed by atoms with Crippen LogP contribution in [-0.4, -0.2) is 37.6 Å². The van der Waals surface area contributed by atoms with E-state index in [1.165, 1.54) is 0 Å². The van der Waals surface area contributed by atoms with Crippen molar-refractivity contribution in [3.63, 3.8) is 0 Å². The van der Waals surface area contributed by atoms with Gasteiger partial charge >= 0.3 is 0 Å². The van der Waals surface area contributed by atoms with Gasteiger partial charge in [0.15, 0.2) is 0 Å². The number of nitrogens with zero attached hydrogens (tertiary/aromatic N) is 3. The molecule has 5 heteroatoms. The van der Waals surface area contributed by atoms with Crippen molar-refractivity contribution in [3.05, 3.63) is 28.2 Å². The first kappa shape index (κ1) is 15.4. The lowest BCUT2D eigenvalue weighted by Gasteiger charge is -2.36. The van der Waals surface area contributed by atoms with Crippen molar-refractivity contribution in [2.75, 3.05) is 37.6 Å². The Labute approximate surface area is 130 Å². The Morgan fingerprint density at radius 1 is 1.10 bits per heavy atom. The zero-order valence-corrected chi connectivity index (χ0v) is 13.0. The molecule has 2 rings (SSSR count). The van der Waals surface area contributed by atoms with Gasteiger partial charge in [-0.15, -0.1) is 0 Å². The summed E-state index contributed by atoms with van der Waals surface area (Å²) in [6, 6.07) is 7.98. The number of benzene rings is 1. The molecule has 0 atom stereocenters. The van der Waals surface area contributed by atoms with Crippen LogP contribution in [0.2, 0.25) is 10.0 Å². The summed E-state index contributed by atoms with van der Waals surface area (Å²) in [5.41, 5.74) is 1.03. The Hall–Kier alpha value is -0.950. The van der Waals surface area contributed by atoms with Gasteiger partial charge in [0, 0.05) is 32.6 Å². The van der Waals surface area contributed by atoms with Crippen molar-refractivity contribution in [2.24, 2.45) is 0 Å². The van der Waals surface area contributed by atoms with E-state index < -0.39 is 0 Å². The molecule has 0 N–H and O–H groups in total. The van der Waals surface area contributed by atoms with Crippen LogP contribution in [0.3, 0.4) is 0 Å². The molecule has 1 aliphatic rings. The van der Waals surface area contributed by atoms with E-state index in [0.717, 1.165) is 51.3 Å². The minimum Gasteiger partial charge on any atom is -0.368 e. The highest BCUT2D eigenvalue weighted by molar-refractivity contribution is 6.43. The minimum atomic E-state index is 0.614. The van der Waals surface area contributed by atoms with Gasteiger partial charge in [-0.3, -0.25) is 4.90 Å². The van der Waals surface area contributed by atoms with Gasteiger partial charge in [-0.25, -0.2) is 0 Å². The largest absolute Gasteiger partial charge is 0.368 e. The average molecular weight is 312 g/mol. The van der Waals surface area contributed by atoms with Crippen LogP contribution in [0.5, 0.6) is 0 Å². The second-order valence-corrected chi connectivity index (χ2v) is 5.80. The molecule has 1 aromatic rings. The van der Waals surface area contributed by atoms with Crippen LogP contribution in [0.4, 0.5) is 5.69 Å². The summed E-state index contributed by atoms with van der Waals surface area (Å²) in [6.45, 7) is 5.10. The molecule has 20 heavy (non-hydrogen) atoms. The normalized spacial score (nSPS) is 16.1. The highest BCUT2D eigenvalue weighted by atomic mass is 35.5. The fraction of sp³-hybridized carbons (Fsp3) is 0.533. The van der Waals surface area contributed by atoms with E-state index >= 15 is 0 Å². The number of unbranched alkanes of at least 4 members (excludes halogenated alkanes) is 2. The van der Waals surface area contributed by atoms with Gasteiger partial charge in [0.1, 0.15) is 0 Å². The molecule has 0 amide bonds. The number of piperazine rings is 1. The molecule has 0 unspecified atom stereocenters. The van der Waals surface area contributed by atoms with Crippen molar-refractivity contribution in [1.29, 1.82) is 5.26 Å². The zero-order chi connectivity index (χ0) is 14.4. The Morgan fingerprint density at radius 2 is 1.85 bits per heavy atom. The van der Waals surface area contributed by atoms with Crippen molar-refractivity contribution in [3.8, 4) is 6.07 Å². The maximum atomic E-state index is 8.52. The molecule has 0 saturated carbocycles. The number of hydrogen-bond donors (Lipinski definition) is 0.